The van der Waals surface area contributed by atoms with Crippen LogP contribution in [-0.4, -0.2) is 27.6 Å². The summed E-state index contributed by atoms with van der Waals surface area (Å²) in [4.78, 5) is 18.6. The summed E-state index contributed by atoms with van der Waals surface area (Å²) in [5.41, 5.74) is 0.662. The van der Waals surface area contributed by atoms with Crippen molar-refractivity contribution in [2.24, 2.45) is 0 Å². The Kier molecular flexibility index (Phi) is 3.47. The van der Waals surface area contributed by atoms with Crippen LogP contribution in [0.15, 0.2) is 36.5 Å². The first-order chi connectivity index (χ1) is 8.65. The highest BCUT2D eigenvalue weighted by Gasteiger charge is 2.04. The summed E-state index contributed by atoms with van der Waals surface area (Å²) in [6.07, 6.45) is 1.51. The van der Waals surface area contributed by atoms with E-state index in [2.05, 4.69) is 15.3 Å². The van der Waals surface area contributed by atoms with Crippen LogP contribution in [0, 0.1) is 5.82 Å². The molecule has 0 radical (unpaired) electrons. The zero-order valence-corrected chi connectivity index (χ0v) is 9.30. The van der Waals surface area contributed by atoms with E-state index >= 15 is 0 Å². The first kappa shape index (κ1) is 12.0. The summed E-state index contributed by atoms with van der Waals surface area (Å²) < 4.78 is 12.8. The predicted molar refractivity (Wildman–Crippen MR) is 63.6 cm³/mol. The van der Waals surface area contributed by atoms with E-state index in [1.165, 1.54) is 18.3 Å². The van der Waals surface area contributed by atoms with Gasteiger partial charge in [-0.3, -0.25) is 4.79 Å². The molecule has 0 bridgehead atoms. The number of carbonyl (C=O) groups is 1. The minimum Gasteiger partial charge on any atom is -0.480 e. The molecule has 18 heavy (non-hydrogen) atoms. The molecule has 0 spiro atoms. The lowest BCUT2D eigenvalue weighted by molar-refractivity contribution is -0.134. The molecule has 1 aromatic carbocycles. The van der Waals surface area contributed by atoms with Crippen molar-refractivity contribution in [3.63, 3.8) is 0 Å². The second-order valence-corrected chi connectivity index (χ2v) is 3.52. The van der Waals surface area contributed by atoms with Crippen LogP contribution in [0.5, 0.6) is 0 Å². The highest BCUT2D eigenvalue weighted by Crippen LogP contribution is 2.16. The highest BCUT2D eigenvalue weighted by atomic mass is 19.1. The molecule has 0 aliphatic carbocycles. The van der Waals surface area contributed by atoms with Crippen molar-refractivity contribution in [1.82, 2.24) is 9.97 Å². The summed E-state index contributed by atoms with van der Waals surface area (Å²) in [5, 5.41) is 11.2. The van der Waals surface area contributed by atoms with E-state index in [1.54, 1.807) is 18.2 Å². The smallest absolute Gasteiger partial charge is 0.322 e. The van der Waals surface area contributed by atoms with Crippen molar-refractivity contribution in [2.75, 3.05) is 11.9 Å². The van der Waals surface area contributed by atoms with E-state index < -0.39 is 5.97 Å². The van der Waals surface area contributed by atoms with Crippen molar-refractivity contribution in [1.29, 1.82) is 0 Å². The van der Waals surface area contributed by atoms with E-state index in [1.807, 2.05) is 0 Å². The second kappa shape index (κ2) is 5.22. The van der Waals surface area contributed by atoms with Crippen LogP contribution in [-0.2, 0) is 4.79 Å². The fraction of sp³-hybridized carbons (Fsp3) is 0.0833. The van der Waals surface area contributed by atoms with Gasteiger partial charge in [-0.15, -0.1) is 0 Å². The van der Waals surface area contributed by atoms with Gasteiger partial charge in [-0.05, 0) is 30.3 Å². The first-order valence-electron chi connectivity index (χ1n) is 5.20. The van der Waals surface area contributed by atoms with Crippen LogP contribution in [0.3, 0.4) is 0 Å². The van der Waals surface area contributed by atoms with Gasteiger partial charge in [-0.1, -0.05) is 0 Å². The fourth-order valence-corrected chi connectivity index (χ4v) is 1.36. The molecule has 0 amide bonds. The maximum absolute atomic E-state index is 12.8. The quantitative estimate of drug-likeness (QED) is 0.861. The van der Waals surface area contributed by atoms with Crippen molar-refractivity contribution in [3.05, 3.63) is 42.3 Å². The minimum atomic E-state index is -0.975. The SMILES string of the molecule is O=C(O)CNc1ccnc(-c2ccc(F)cc2)n1. The van der Waals surface area contributed by atoms with Gasteiger partial charge in [-0.25, -0.2) is 14.4 Å². The second-order valence-electron chi connectivity index (χ2n) is 3.52. The van der Waals surface area contributed by atoms with Crippen molar-refractivity contribution in [2.45, 2.75) is 0 Å². The zero-order chi connectivity index (χ0) is 13.0. The van der Waals surface area contributed by atoms with Gasteiger partial charge in [0.05, 0.1) is 0 Å². The molecule has 1 aromatic heterocycles. The largest absolute Gasteiger partial charge is 0.480 e. The number of hydrogen-bond acceptors (Lipinski definition) is 4. The zero-order valence-electron chi connectivity index (χ0n) is 9.30. The standard InChI is InChI=1S/C12H10FN3O2/c13-9-3-1-8(2-4-9)12-14-6-5-10(16-12)15-7-11(17)18/h1-6H,7H2,(H,17,18)(H,14,15,16). The van der Waals surface area contributed by atoms with Crippen LogP contribution in [0.2, 0.25) is 0 Å². The van der Waals surface area contributed by atoms with Gasteiger partial charge >= 0.3 is 5.97 Å². The molecule has 92 valence electrons. The third kappa shape index (κ3) is 3.00. The molecule has 2 rings (SSSR count). The van der Waals surface area contributed by atoms with E-state index in [0.717, 1.165) is 0 Å². The number of nitrogens with one attached hydrogen (secondary N) is 1. The minimum absolute atomic E-state index is 0.222. The molecule has 0 atom stereocenters. The Bertz CT molecular complexity index is 558. The number of halogens is 1. The number of aromatic nitrogens is 2. The maximum Gasteiger partial charge on any atom is 0.322 e. The molecule has 0 unspecified atom stereocenters. The summed E-state index contributed by atoms with van der Waals surface area (Å²) in [5.74, 6) is -0.493. The average molecular weight is 247 g/mol. The summed E-state index contributed by atoms with van der Waals surface area (Å²) in [6.45, 7) is -0.222. The molecule has 0 saturated carbocycles. The molecule has 1 heterocycles. The molecular weight excluding hydrogens is 237 g/mol. The van der Waals surface area contributed by atoms with Gasteiger partial charge in [0, 0.05) is 11.8 Å². The van der Waals surface area contributed by atoms with Crippen molar-refractivity contribution in [3.8, 4) is 11.4 Å². The molecule has 0 aliphatic rings. The number of hydrogen-bond donors (Lipinski definition) is 2. The van der Waals surface area contributed by atoms with Gasteiger partial charge in [0.2, 0.25) is 0 Å². The first-order valence-corrected chi connectivity index (χ1v) is 5.20. The summed E-state index contributed by atoms with van der Waals surface area (Å²) in [6, 6.07) is 7.32. The Hall–Kier alpha value is -2.50. The number of carboxylic acids is 1. The van der Waals surface area contributed by atoms with Gasteiger partial charge < -0.3 is 10.4 Å². The number of benzene rings is 1. The molecular formula is C12H10FN3O2. The molecule has 5 nitrogen and oxygen atoms in total. The molecule has 6 heteroatoms. The Morgan fingerprint density at radius 1 is 1.28 bits per heavy atom. The topological polar surface area (TPSA) is 75.1 Å². The van der Waals surface area contributed by atoms with Crippen LogP contribution in [0.4, 0.5) is 10.2 Å². The summed E-state index contributed by atoms with van der Waals surface area (Å²) >= 11 is 0. The lowest BCUT2D eigenvalue weighted by atomic mass is 10.2. The maximum atomic E-state index is 12.8. The van der Waals surface area contributed by atoms with Crippen LogP contribution >= 0.6 is 0 Å². The highest BCUT2D eigenvalue weighted by molar-refractivity contribution is 5.72. The van der Waals surface area contributed by atoms with Crippen LogP contribution < -0.4 is 5.32 Å². The predicted octanol–water partition coefficient (Wildman–Crippen LogP) is 1.78. The molecule has 2 N–H and O–H groups in total. The Morgan fingerprint density at radius 2 is 2.00 bits per heavy atom. The molecule has 0 fully saturated rings. The average Bonchev–Trinajstić information content (AvgIpc) is 2.37. The Labute approximate surface area is 102 Å². The Balaban J connectivity index is 2.21. The molecule has 2 aromatic rings. The lowest BCUT2D eigenvalue weighted by Gasteiger charge is -2.04. The number of carboxylic acid groups (broad SMARTS) is 1. The van der Waals surface area contributed by atoms with E-state index in [4.69, 9.17) is 5.11 Å². The molecule has 0 aliphatic heterocycles. The Morgan fingerprint density at radius 3 is 2.67 bits per heavy atom. The van der Waals surface area contributed by atoms with E-state index in [9.17, 15) is 9.18 Å². The number of rotatable bonds is 4. The van der Waals surface area contributed by atoms with Crippen LogP contribution in [0.25, 0.3) is 11.4 Å². The molecule has 0 saturated heterocycles. The normalized spacial score (nSPS) is 10.1. The lowest BCUT2D eigenvalue weighted by Crippen LogP contribution is -2.13. The third-order valence-corrected chi connectivity index (χ3v) is 2.18. The van der Waals surface area contributed by atoms with Crippen molar-refractivity contribution >= 4 is 11.8 Å². The number of aliphatic carboxylic acids is 1. The fourth-order valence-electron chi connectivity index (χ4n) is 1.36. The third-order valence-electron chi connectivity index (χ3n) is 2.18. The van der Waals surface area contributed by atoms with Crippen LogP contribution in [0.1, 0.15) is 0 Å². The van der Waals surface area contributed by atoms with Gasteiger partial charge in [-0.2, -0.15) is 0 Å². The van der Waals surface area contributed by atoms with E-state index in [0.29, 0.717) is 17.2 Å². The van der Waals surface area contributed by atoms with Gasteiger partial charge in [0.1, 0.15) is 18.2 Å². The van der Waals surface area contributed by atoms with Gasteiger partial charge in [0.15, 0.2) is 5.82 Å². The number of anilines is 1. The van der Waals surface area contributed by atoms with Gasteiger partial charge in [0.25, 0.3) is 0 Å². The van der Waals surface area contributed by atoms with E-state index in [-0.39, 0.29) is 12.4 Å². The monoisotopic (exact) mass is 247 g/mol. The summed E-state index contributed by atoms with van der Waals surface area (Å²) in [7, 11) is 0. The number of nitrogens with zero attached hydrogens (tertiary/aromatic N) is 2. The van der Waals surface area contributed by atoms with Crippen molar-refractivity contribution < 1.29 is 14.3 Å².